The summed E-state index contributed by atoms with van der Waals surface area (Å²) in [6.07, 6.45) is 9.22. The fraction of sp³-hybridized carbons (Fsp3) is 0.739. The third-order valence-corrected chi connectivity index (χ3v) is 5.77. The molecule has 0 aromatic rings. The first-order valence-electron chi connectivity index (χ1n) is 10.6. The van der Waals surface area contributed by atoms with E-state index in [1.54, 1.807) is 6.92 Å². The van der Waals surface area contributed by atoms with Gasteiger partial charge in [-0.1, -0.05) is 18.6 Å². The standard InChI is InChI=1S/C23H34O6/c1-4-5-6-9-17(25)12-13-19-20-14-18(10-7-8-11-23(26)27-3)29-22(20)15-21(19)28-16(2)24/h12-13,17-22,25H,6-11,14-15H2,1-3H3/t17-,18+,19+,20+,21+,22-/m0/s1. The van der Waals surface area contributed by atoms with Crippen LogP contribution in [0.3, 0.4) is 0 Å². The van der Waals surface area contributed by atoms with Crippen molar-refractivity contribution in [2.45, 2.75) is 89.6 Å². The molecule has 0 spiro atoms. The zero-order chi connectivity index (χ0) is 21.2. The molecule has 162 valence electrons. The minimum atomic E-state index is -0.552. The quantitative estimate of drug-likeness (QED) is 0.260. The number of rotatable bonds is 10. The molecule has 1 aliphatic heterocycles. The van der Waals surface area contributed by atoms with Gasteiger partial charge in [-0.15, -0.1) is 11.8 Å². The van der Waals surface area contributed by atoms with Gasteiger partial charge in [0.05, 0.1) is 25.4 Å². The summed E-state index contributed by atoms with van der Waals surface area (Å²) in [7, 11) is 1.41. The Hall–Kier alpha value is -1.84. The largest absolute Gasteiger partial charge is 0.469 e. The van der Waals surface area contributed by atoms with Gasteiger partial charge in [0.2, 0.25) is 0 Å². The number of carbonyl (C=O) groups is 2. The Bertz CT molecular complexity index is 631. The Kier molecular flexibility index (Phi) is 9.69. The molecule has 1 saturated heterocycles. The van der Waals surface area contributed by atoms with Crippen molar-refractivity contribution in [3.05, 3.63) is 12.2 Å². The van der Waals surface area contributed by atoms with Crippen LogP contribution in [0.25, 0.3) is 0 Å². The zero-order valence-corrected chi connectivity index (χ0v) is 17.8. The summed E-state index contributed by atoms with van der Waals surface area (Å²) >= 11 is 0. The van der Waals surface area contributed by atoms with E-state index in [1.807, 2.05) is 12.2 Å². The smallest absolute Gasteiger partial charge is 0.305 e. The second kappa shape index (κ2) is 12.0. The average molecular weight is 407 g/mol. The van der Waals surface area contributed by atoms with Gasteiger partial charge in [-0.3, -0.25) is 9.59 Å². The molecular formula is C23H34O6. The fourth-order valence-electron chi connectivity index (χ4n) is 4.39. The van der Waals surface area contributed by atoms with Gasteiger partial charge >= 0.3 is 11.9 Å². The second-order valence-corrected chi connectivity index (χ2v) is 7.90. The van der Waals surface area contributed by atoms with E-state index in [2.05, 4.69) is 16.6 Å². The lowest BCUT2D eigenvalue weighted by atomic mass is 9.88. The van der Waals surface area contributed by atoms with Crippen molar-refractivity contribution in [3.8, 4) is 11.8 Å². The molecule has 2 rings (SSSR count). The minimum Gasteiger partial charge on any atom is -0.469 e. The van der Waals surface area contributed by atoms with Crippen LogP contribution in [0.15, 0.2) is 12.2 Å². The Morgan fingerprint density at radius 3 is 2.79 bits per heavy atom. The van der Waals surface area contributed by atoms with E-state index >= 15 is 0 Å². The molecule has 0 bridgehead atoms. The van der Waals surface area contributed by atoms with E-state index in [0.717, 1.165) is 25.7 Å². The highest BCUT2D eigenvalue weighted by atomic mass is 16.6. The molecule has 0 aromatic heterocycles. The number of aliphatic hydroxyl groups excluding tert-OH is 1. The fourth-order valence-corrected chi connectivity index (χ4v) is 4.39. The SMILES string of the molecule is CC#CCC[C@H](O)C=C[C@@H]1[C@H]2C[C@@H](CCCCC(=O)OC)O[C@H]2C[C@H]1OC(C)=O. The number of methoxy groups -OCH3 is 1. The molecule has 2 aliphatic rings. The van der Waals surface area contributed by atoms with Crippen molar-refractivity contribution >= 4 is 11.9 Å². The summed E-state index contributed by atoms with van der Waals surface area (Å²) in [5.74, 6) is 5.66. The topological polar surface area (TPSA) is 82.1 Å². The minimum absolute atomic E-state index is 0.0517. The number of carbonyl (C=O) groups excluding carboxylic acids is 2. The number of fused-ring (bicyclic) bond motifs is 1. The van der Waals surface area contributed by atoms with Crippen LogP contribution in [0.2, 0.25) is 0 Å². The molecule has 0 aromatic carbocycles. The molecule has 29 heavy (non-hydrogen) atoms. The third kappa shape index (κ3) is 7.49. The highest BCUT2D eigenvalue weighted by molar-refractivity contribution is 5.69. The van der Waals surface area contributed by atoms with Crippen molar-refractivity contribution in [2.75, 3.05) is 7.11 Å². The Morgan fingerprint density at radius 2 is 2.10 bits per heavy atom. The molecule has 0 amide bonds. The van der Waals surface area contributed by atoms with Crippen molar-refractivity contribution < 1.29 is 28.9 Å². The van der Waals surface area contributed by atoms with E-state index < -0.39 is 6.10 Å². The number of ether oxygens (including phenoxy) is 3. The maximum atomic E-state index is 11.5. The normalized spacial score (nSPS) is 29.2. The molecule has 2 fully saturated rings. The number of hydrogen-bond donors (Lipinski definition) is 1. The van der Waals surface area contributed by atoms with Gasteiger partial charge in [0.25, 0.3) is 0 Å². The summed E-state index contributed by atoms with van der Waals surface area (Å²) < 4.78 is 16.4. The third-order valence-electron chi connectivity index (χ3n) is 5.77. The maximum absolute atomic E-state index is 11.5. The molecule has 1 heterocycles. The Balaban J connectivity index is 1.89. The first-order valence-corrected chi connectivity index (χ1v) is 10.6. The molecule has 6 atom stereocenters. The van der Waals surface area contributed by atoms with Crippen molar-refractivity contribution in [2.24, 2.45) is 11.8 Å². The van der Waals surface area contributed by atoms with Gasteiger partial charge in [0.1, 0.15) is 6.10 Å². The average Bonchev–Trinajstić information content (AvgIpc) is 3.20. The van der Waals surface area contributed by atoms with Crippen LogP contribution < -0.4 is 0 Å². The van der Waals surface area contributed by atoms with Crippen LogP contribution in [0, 0.1) is 23.7 Å². The predicted molar refractivity (Wildman–Crippen MR) is 109 cm³/mol. The molecule has 0 radical (unpaired) electrons. The van der Waals surface area contributed by atoms with Gasteiger partial charge in [-0.05, 0) is 38.5 Å². The molecule has 1 N–H and O–H groups in total. The van der Waals surface area contributed by atoms with E-state index in [9.17, 15) is 14.7 Å². The highest BCUT2D eigenvalue weighted by Crippen LogP contribution is 2.46. The first-order chi connectivity index (χ1) is 13.9. The molecule has 6 heteroatoms. The van der Waals surface area contributed by atoms with Crippen LogP contribution >= 0.6 is 0 Å². The van der Waals surface area contributed by atoms with E-state index in [-0.39, 0.29) is 42.1 Å². The van der Waals surface area contributed by atoms with Gasteiger partial charge in [0.15, 0.2) is 0 Å². The second-order valence-electron chi connectivity index (χ2n) is 7.90. The first kappa shape index (κ1) is 23.4. The van der Waals surface area contributed by atoms with Gasteiger partial charge in [-0.25, -0.2) is 0 Å². The number of aliphatic hydroxyl groups is 1. The molecule has 1 aliphatic carbocycles. The Morgan fingerprint density at radius 1 is 1.31 bits per heavy atom. The molecule has 1 saturated carbocycles. The Labute approximate surface area is 174 Å². The van der Waals surface area contributed by atoms with Crippen molar-refractivity contribution in [1.82, 2.24) is 0 Å². The molecule has 0 unspecified atom stereocenters. The van der Waals surface area contributed by atoms with Gasteiger partial charge in [0, 0.05) is 32.1 Å². The number of unbranched alkanes of at least 4 members (excludes halogenated alkanes) is 1. The van der Waals surface area contributed by atoms with E-state index in [4.69, 9.17) is 9.47 Å². The van der Waals surface area contributed by atoms with Crippen molar-refractivity contribution in [3.63, 3.8) is 0 Å². The summed E-state index contributed by atoms with van der Waals surface area (Å²) in [6, 6.07) is 0. The summed E-state index contributed by atoms with van der Waals surface area (Å²) in [6.45, 7) is 3.22. The van der Waals surface area contributed by atoms with Gasteiger partial charge < -0.3 is 19.3 Å². The maximum Gasteiger partial charge on any atom is 0.305 e. The van der Waals surface area contributed by atoms with Crippen molar-refractivity contribution in [1.29, 1.82) is 0 Å². The van der Waals surface area contributed by atoms with Gasteiger partial charge in [-0.2, -0.15) is 0 Å². The van der Waals surface area contributed by atoms with Crippen LogP contribution in [-0.4, -0.2) is 48.6 Å². The molecule has 6 nitrogen and oxygen atoms in total. The number of hydrogen-bond acceptors (Lipinski definition) is 6. The monoisotopic (exact) mass is 406 g/mol. The lowest BCUT2D eigenvalue weighted by molar-refractivity contribution is -0.148. The highest BCUT2D eigenvalue weighted by Gasteiger charge is 2.49. The summed E-state index contributed by atoms with van der Waals surface area (Å²) in [5.41, 5.74) is 0. The summed E-state index contributed by atoms with van der Waals surface area (Å²) in [4.78, 5) is 22.7. The zero-order valence-electron chi connectivity index (χ0n) is 17.8. The lowest BCUT2D eigenvalue weighted by Crippen LogP contribution is -2.24. The molecular weight excluding hydrogens is 372 g/mol. The van der Waals surface area contributed by atoms with Crippen LogP contribution in [0.4, 0.5) is 0 Å². The van der Waals surface area contributed by atoms with Crippen LogP contribution in [-0.2, 0) is 23.8 Å². The van der Waals surface area contributed by atoms with Crippen LogP contribution in [0.1, 0.15) is 65.2 Å². The van der Waals surface area contributed by atoms with E-state index in [0.29, 0.717) is 25.7 Å². The predicted octanol–water partition coefficient (Wildman–Crippen LogP) is 3.17. The van der Waals surface area contributed by atoms with E-state index in [1.165, 1.54) is 14.0 Å². The lowest BCUT2D eigenvalue weighted by Gasteiger charge is -2.21. The van der Waals surface area contributed by atoms with Crippen LogP contribution in [0.5, 0.6) is 0 Å². The summed E-state index contributed by atoms with van der Waals surface area (Å²) in [5, 5.41) is 10.2. The number of esters is 2.